The molecule has 2 spiro atoms. The third-order valence-electron chi connectivity index (χ3n) is 16.6. The number of carboxylic acids is 1. The van der Waals surface area contributed by atoms with Crippen LogP contribution in [-0.2, 0) is 9.59 Å². The van der Waals surface area contributed by atoms with Crippen LogP contribution in [0.15, 0.2) is 23.8 Å². The Morgan fingerprint density at radius 2 is 1.58 bits per heavy atom. The van der Waals surface area contributed by atoms with E-state index >= 15 is 0 Å². The van der Waals surface area contributed by atoms with Gasteiger partial charge in [0, 0.05) is 10.8 Å². The maximum Gasteiger partial charge on any atom is 0.309 e. The molecule has 7 aliphatic rings. The summed E-state index contributed by atoms with van der Waals surface area (Å²) in [6.07, 6.45) is 22.9. The molecule has 0 radical (unpaired) electrons. The van der Waals surface area contributed by atoms with Crippen molar-refractivity contribution in [2.75, 3.05) is 0 Å². The molecule has 238 valence electrons. The summed E-state index contributed by atoms with van der Waals surface area (Å²) in [6.45, 7) is 16.7. The summed E-state index contributed by atoms with van der Waals surface area (Å²) in [5.74, 6) is 2.56. The van der Waals surface area contributed by atoms with Crippen molar-refractivity contribution in [3.8, 4) is 0 Å². The van der Waals surface area contributed by atoms with E-state index in [4.69, 9.17) is 0 Å². The van der Waals surface area contributed by atoms with E-state index in [2.05, 4.69) is 40.3 Å². The second-order valence-corrected chi connectivity index (χ2v) is 18.6. The van der Waals surface area contributed by atoms with Gasteiger partial charge in [-0.3, -0.25) is 9.59 Å². The van der Waals surface area contributed by atoms with Gasteiger partial charge in [-0.25, -0.2) is 0 Å². The smallest absolute Gasteiger partial charge is 0.309 e. The molecule has 6 saturated carbocycles. The number of carbonyl (C=O) groups excluding carboxylic acids is 1. The summed E-state index contributed by atoms with van der Waals surface area (Å²) >= 11 is 0. The molecule has 10 atom stereocenters. The minimum atomic E-state index is -0.638. The van der Waals surface area contributed by atoms with E-state index in [1.54, 1.807) is 5.57 Å². The van der Waals surface area contributed by atoms with E-state index in [1.165, 1.54) is 56.9 Å². The number of hydrogen-bond donors (Lipinski definition) is 1. The quantitative estimate of drug-likeness (QED) is 0.332. The van der Waals surface area contributed by atoms with Gasteiger partial charge in [0.25, 0.3) is 0 Å². The van der Waals surface area contributed by atoms with Crippen LogP contribution in [0.5, 0.6) is 0 Å². The molecule has 0 aliphatic heterocycles. The predicted octanol–water partition coefficient (Wildman–Crippen LogP) is 10.3. The zero-order chi connectivity index (χ0) is 30.6. The normalized spacial score (nSPS) is 50.4. The van der Waals surface area contributed by atoms with Crippen LogP contribution in [0.25, 0.3) is 0 Å². The van der Waals surface area contributed by atoms with E-state index in [0.29, 0.717) is 34.4 Å². The molecular weight excluding hydrogens is 528 g/mol. The van der Waals surface area contributed by atoms with Gasteiger partial charge < -0.3 is 5.11 Å². The number of aliphatic carboxylic acids is 1. The Hall–Kier alpha value is -1.38. The van der Waals surface area contributed by atoms with Crippen LogP contribution in [0.3, 0.4) is 0 Å². The van der Waals surface area contributed by atoms with Crippen molar-refractivity contribution in [1.82, 2.24) is 0 Å². The lowest BCUT2D eigenvalue weighted by Gasteiger charge is -2.62. The molecule has 1 N–H and O–H groups in total. The van der Waals surface area contributed by atoms with E-state index in [0.717, 1.165) is 70.1 Å². The van der Waals surface area contributed by atoms with Crippen molar-refractivity contribution in [2.45, 2.75) is 150 Å². The molecule has 3 nitrogen and oxygen atoms in total. The number of carboxylic acid groups (broad SMARTS) is 1. The molecule has 7 rings (SSSR count). The average Bonchev–Trinajstić information content (AvgIpc) is 3.10. The topological polar surface area (TPSA) is 54.4 Å². The van der Waals surface area contributed by atoms with Gasteiger partial charge in [-0.15, -0.1) is 0 Å². The second kappa shape index (κ2) is 9.81. The van der Waals surface area contributed by atoms with Gasteiger partial charge in [0.15, 0.2) is 0 Å². The Morgan fingerprint density at radius 1 is 0.837 bits per heavy atom. The van der Waals surface area contributed by atoms with Crippen LogP contribution < -0.4 is 0 Å². The van der Waals surface area contributed by atoms with Gasteiger partial charge in [0.05, 0.1) is 5.41 Å². The third kappa shape index (κ3) is 4.03. The molecule has 0 heterocycles. The first-order chi connectivity index (χ1) is 20.2. The molecule has 0 aromatic carbocycles. The first-order valence-corrected chi connectivity index (χ1v) is 18.4. The summed E-state index contributed by atoms with van der Waals surface area (Å²) in [7, 11) is 0. The van der Waals surface area contributed by atoms with E-state index in [-0.39, 0.29) is 22.2 Å². The highest BCUT2D eigenvalue weighted by molar-refractivity contribution is 5.94. The predicted molar refractivity (Wildman–Crippen MR) is 173 cm³/mol. The highest BCUT2D eigenvalue weighted by atomic mass is 16.4. The molecule has 0 aromatic rings. The summed E-state index contributed by atoms with van der Waals surface area (Å²) in [4.78, 5) is 27.4. The molecule has 43 heavy (non-hydrogen) atoms. The van der Waals surface area contributed by atoms with Crippen molar-refractivity contribution in [2.24, 2.45) is 62.1 Å². The number of ketones is 1. The van der Waals surface area contributed by atoms with Crippen LogP contribution in [0.1, 0.15) is 150 Å². The Kier molecular flexibility index (Phi) is 6.91. The number of fused-ring (bicyclic) bond motifs is 5. The Labute approximate surface area is 262 Å². The second-order valence-electron chi connectivity index (χ2n) is 18.6. The molecular formula is C40H60O3. The van der Waals surface area contributed by atoms with Gasteiger partial charge >= 0.3 is 5.97 Å². The Balaban J connectivity index is 1.08. The summed E-state index contributed by atoms with van der Waals surface area (Å²) in [5.41, 5.74) is 2.98. The maximum absolute atomic E-state index is 14.9. The molecule has 0 saturated heterocycles. The first-order valence-electron chi connectivity index (χ1n) is 18.4. The lowest BCUT2D eigenvalue weighted by molar-refractivity contribution is -0.182. The fraction of sp³-hybridized carbons (Fsp3) is 0.850. The SMILES string of the molecule is C=C1CC[C@@H]2C(C)(C)CCC[C@@]2(C)[C@@H]1CCC1=CC[C@@]2(CC1)C(=O)[C@@]13CC[C@H]4[C@@](C)(CCC[C@@]4(C)C(=O)O)[C@@H]1CC[C@@H]2C3. The van der Waals surface area contributed by atoms with Crippen molar-refractivity contribution in [1.29, 1.82) is 0 Å². The minimum absolute atomic E-state index is 0.0183. The van der Waals surface area contributed by atoms with E-state index in [1.807, 2.05) is 6.92 Å². The number of carbonyl (C=O) groups is 2. The molecule has 3 heteroatoms. The van der Waals surface area contributed by atoms with Crippen LogP contribution in [0.2, 0.25) is 0 Å². The maximum atomic E-state index is 14.9. The van der Waals surface area contributed by atoms with Crippen LogP contribution in [0, 0.1) is 62.1 Å². The number of allylic oxidation sites excluding steroid dienone is 3. The van der Waals surface area contributed by atoms with Gasteiger partial charge in [-0.1, -0.05) is 64.3 Å². The summed E-state index contributed by atoms with van der Waals surface area (Å²) in [6, 6.07) is 0. The molecule has 0 aromatic heterocycles. The monoisotopic (exact) mass is 588 g/mol. The summed E-state index contributed by atoms with van der Waals surface area (Å²) < 4.78 is 0. The lowest BCUT2D eigenvalue weighted by atomic mass is 9.41. The first kappa shape index (κ1) is 30.3. The van der Waals surface area contributed by atoms with Gasteiger partial charge in [0.1, 0.15) is 5.78 Å². The number of hydrogen-bond acceptors (Lipinski definition) is 2. The lowest BCUT2D eigenvalue weighted by Crippen LogP contribution is -2.59. The Morgan fingerprint density at radius 3 is 2.30 bits per heavy atom. The molecule has 2 bridgehead atoms. The fourth-order valence-corrected chi connectivity index (χ4v) is 14.6. The highest BCUT2D eigenvalue weighted by Gasteiger charge is 2.72. The van der Waals surface area contributed by atoms with Crippen LogP contribution in [-0.4, -0.2) is 16.9 Å². The largest absolute Gasteiger partial charge is 0.481 e. The zero-order valence-corrected chi connectivity index (χ0v) is 28.2. The van der Waals surface area contributed by atoms with Gasteiger partial charge in [0.2, 0.25) is 0 Å². The fourth-order valence-electron chi connectivity index (χ4n) is 14.6. The molecule has 0 unspecified atom stereocenters. The zero-order valence-electron chi connectivity index (χ0n) is 28.2. The van der Waals surface area contributed by atoms with Crippen molar-refractivity contribution in [3.63, 3.8) is 0 Å². The number of Topliss-reactive ketones (excluding diaryl/α,β-unsaturated/α-hetero) is 1. The van der Waals surface area contributed by atoms with Gasteiger partial charge in [-0.2, -0.15) is 0 Å². The van der Waals surface area contributed by atoms with E-state index in [9.17, 15) is 14.7 Å². The third-order valence-corrected chi connectivity index (χ3v) is 16.6. The minimum Gasteiger partial charge on any atom is -0.481 e. The van der Waals surface area contributed by atoms with Crippen LogP contribution in [0.4, 0.5) is 0 Å². The highest BCUT2D eigenvalue weighted by Crippen LogP contribution is 2.74. The molecule has 7 aliphatic carbocycles. The van der Waals surface area contributed by atoms with Gasteiger partial charge in [-0.05, 0) is 155 Å². The average molecular weight is 589 g/mol. The molecule has 6 fully saturated rings. The van der Waals surface area contributed by atoms with Crippen molar-refractivity contribution >= 4 is 11.8 Å². The molecule has 0 amide bonds. The number of rotatable bonds is 4. The van der Waals surface area contributed by atoms with Crippen LogP contribution >= 0.6 is 0 Å². The van der Waals surface area contributed by atoms with E-state index < -0.39 is 11.4 Å². The van der Waals surface area contributed by atoms with Crippen molar-refractivity contribution < 1.29 is 14.7 Å². The summed E-state index contributed by atoms with van der Waals surface area (Å²) in [5, 5.41) is 10.3. The Bertz CT molecular complexity index is 1240. The van der Waals surface area contributed by atoms with Crippen molar-refractivity contribution in [3.05, 3.63) is 23.8 Å². The standard InChI is InChI=1S/C40H60O3/c1-26-9-13-30-35(2,3)18-7-19-36(30,4)29(26)12-10-27-15-22-39(23-16-27)28-11-14-32-37(5)20-8-21-38(6,34(42)43)31(37)17-24-40(32,25-28)33(39)41/h15,28-32H,1,7-14,16-25H2,2-6H3,(H,42,43)/t28-,29-,30-,31+,32+,36+,37-,38-,39+,40-/m1/s1.